The zero-order valence-corrected chi connectivity index (χ0v) is 12.5. The Morgan fingerprint density at radius 1 is 1.24 bits per heavy atom. The van der Waals surface area contributed by atoms with E-state index in [9.17, 15) is 4.79 Å². The maximum atomic E-state index is 12.3. The van der Waals surface area contributed by atoms with Gasteiger partial charge >= 0.3 is 0 Å². The maximum Gasteiger partial charge on any atom is 0.255 e. The summed E-state index contributed by atoms with van der Waals surface area (Å²) in [5, 5.41) is 5.85. The predicted octanol–water partition coefficient (Wildman–Crippen LogP) is 3.29. The van der Waals surface area contributed by atoms with Crippen molar-refractivity contribution in [2.75, 3.05) is 17.7 Å². The molecule has 106 valence electrons. The van der Waals surface area contributed by atoms with E-state index in [1.165, 1.54) is 0 Å². The number of pyridine rings is 1. The third-order valence-electron chi connectivity index (χ3n) is 3.06. The highest BCUT2D eigenvalue weighted by Crippen LogP contribution is 2.22. The molecule has 5 nitrogen and oxygen atoms in total. The molecule has 0 aliphatic carbocycles. The van der Waals surface area contributed by atoms with Crippen LogP contribution in [0.1, 0.15) is 16.1 Å². The number of nitrogens with one attached hydrogen (secondary N) is 2. The summed E-state index contributed by atoms with van der Waals surface area (Å²) < 4.78 is 1.05. The van der Waals surface area contributed by atoms with E-state index in [0.29, 0.717) is 11.4 Å². The number of carbonyl (C=O) groups is 1. The largest absolute Gasteiger partial charge is 0.373 e. The molecule has 2 N–H and O–H groups in total. The number of anilines is 2. The van der Waals surface area contributed by atoms with Gasteiger partial charge in [-0.2, -0.15) is 0 Å². The van der Waals surface area contributed by atoms with Crippen LogP contribution < -0.4 is 10.6 Å². The quantitative estimate of drug-likeness (QED) is 0.778. The van der Waals surface area contributed by atoms with Crippen LogP contribution in [0, 0.1) is 6.92 Å². The normalized spacial score (nSPS) is 10.6. The third-order valence-corrected chi connectivity index (χ3v) is 3.85. The van der Waals surface area contributed by atoms with Crippen LogP contribution in [0.2, 0.25) is 0 Å². The van der Waals surface area contributed by atoms with Crippen LogP contribution in [0.3, 0.4) is 0 Å². The Labute approximate surface area is 126 Å². The van der Waals surface area contributed by atoms with Gasteiger partial charge in [0.05, 0.1) is 15.7 Å². The van der Waals surface area contributed by atoms with Crippen LogP contribution in [0.15, 0.2) is 35.8 Å². The average molecular weight is 298 g/mol. The Morgan fingerprint density at radius 3 is 2.90 bits per heavy atom. The average Bonchev–Trinajstić information content (AvgIpc) is 2.94. The van der Waals surface area contributed by atoms with Gasteiger partial charge in [-0.15, -0.1) is 11.3 Å². The lowest BCUT2D eigenvalue weighted by molar-refractivity contribution is 0.102. The standard InChI is InChI=1S/C15H14N4OS/c1-9-5-10(6-14(16-2)18-9)15(20)19-11-3-4-12-13(7-11)21-8-17-12/h3-8H,1-2H3,(H,16,18)(H,19,20). The summed E-state index contributed by atoms with van der Waals surface area (Å²) in [5.74, 6) is 0.527. The molecule has 0 unspecified atom stereocenters. The molecule has 2 heterocycles. The highest BCUT2D eigenvalue weighted by atomic mass is 32.1. The van der Waals surface area contributed by atoms with Crippen molar-refractivity contribution < 1.29 is 4.79 Å². The van der Waals surface area contributed by atoms with Crippen molar-refractivity contribution in [1.82, 2.24) is 9.97 Å². The summed E-state index contributed by atoms with van der Waals surface area (Å²) in [7, 11) is 1.78. The number of amides is 1. The maximum absolute atomic E-state index is 12.3. The fourth-order valence-electron chi connectivity index (χ4n) is 2.06. The van der Waals surface area contributed by atoms with Gasteiger partial charge in [-0.05, 0) is 37.3 Å². The van der Waals surface area contributed by atoms with Gasteiger partial charge in [0.15, 0.2) is 0 Å². The minimum atomic E-state index is -0.152. The Balaban J connectivity index is 1.86. The molecular weight excluding hydrogens is 284 g/mol. The van der Waals surface area contributed by atoms with Crippen LogP contribution in [0.5, 0.6) is 0 Å². The Bertz CT molecular complexity index is 812. The van der Waals surface area contributed by atoms with E-state index in [-0.39, 0.29) is 5.91 Å². The van der Waals surface area contributed by atoms with Gasteiger partial charge < -0.3 is 10.6 Å². The molecule has 0 spiro atoms. The first-order chi connectivity index (χ1) is 10.2. The lowest BCUT2D eigenvalue weighted by Crippen LogP contribution is -2.13. The third kappa shape index (κ3) is 2.85. The molecule has 21 heavy (non-hydrogen) atoms. The second kappa shape index (κ2) is 5.49. The first-order valence-electron chi connectivity index (χ1n) is 6.47. The zero-order valence-electron chi connectivity index (χ0n) is 11.7. The number of nitrogens with zero attached hydrogens (tertiary/aromatic N) is 2. The van der Waals surface area contributed by atoms with Gasteiger partial charge in [-0.3, -0.25) is 4.79 Å². The molecule has 1 aromatic carbocycles. The molecular formula is C15H14N4OS. The fraction of sp³-hybridized carbons (Fsp3) is 0.133. The number of thiazole rings is 1. The first-order valence-corrected chi connectivity index (χ1v) is 7.35. The second-order valence-corrected chi connectivity index (χ2v) is 5.51. The van der Waals surface area contributed by atoms with Crippen molar-refractivity contribution in [3.05, 3.63) is 47.1 Å². The van der Waals surface area contributed by atoms with E-state index < -0.39 is 0 Å². The van der Waals surface area contributed by atoms with E-state index in [2.05, 4.69) is 20.6 Å². The molecule has 0 aliphatic heterocycles. The number of rotatable bonds is 3. The van der Waals surface area contributed by atoms with Gasteiger partial charge in [-0.1, -0.05) is 0 Å². The SMILES string of the molecule is CNc1cc(C(=O)Nc2ccc3ncsc3c2)cc(C)n1. The Hall–Kier alpha value is -2.47. The van der Waals surface area contributed by atoms with Crippen molar-refractivity contribution in [3.63, 3.8) is 0 Å². The Kier molecular flexibility index (Phi) is 3.53. The molecule has 2 aromatic heterocycles. The molecule has 0 radical (unpaired) electrons. The van der Waals surface area contributed by atoms with Gasteiger partial charge in [-0.25, -0.2) is 9.97 Å². The van der Waals surface area contributed by atoms with Crippen LogP contribution >= 0.6 is 11.3 Å². The summed E-state index contributed by atoms with van der Waals surface area (Å²) in [6.45, 7) is 1.86. The summed E-state index contributed by atoms with van der Waals surface area (Å²) in [5.41, 5.74) is 4.87. The highest BCUT2D eigenvalue weighted by molar-refractivity contribution is 7.16. The van der Waals surface area contributed by atoms with Crippen LogP contribution in [-0.2, 0) is 0 Å². The lowest BCUT2D eigenvalue weighted by atomic mass is 10.2. The smallest absolute Gasteiger partial charge is 0.255 e. The van der Waals surface area contributed by atoms with E-state index >= 15 is 0 Å². The summed E-state index contributed by atoms with van der Waals surface area (Å²) >= 11 is 1.55. The van der Waals surface area contributed by atoms with E-state index in [1.807, 2.05) is 25.1 Å². The highest BCUT2D eigenvalue weighted by Gasteiger charge is 2.09. The molecule has 3 aromatic rings. The number of carbonyl (C=O) groups excluding carboxylic acids is 1. The van der Waals surface area contributed by atoms with Gasteiger partial charge in [0, 0.05) is 24.0 Å². The van der Waals surface area contributed by atoms with E-state index in [4.69, 9.17) is 0 Å². The van der Waals surface area contributed by atoms with Crippen LogP contribution in [-0.4, -0.2) is 22.9 Å². The van der Waals surface area contributed by atoms with Crippen molar-refractivity contribution in [2.45, 2.75) is 6.92 Å². The van der Waals surface area contributed by atoms with E-state index in [1.54, 1.807) is 36.0 Å². The Morgan fingerprint density at radius 2 is 2.10 bits per heavy atom. The van der Waals surface area contributed by atoms with Gasteiger partial charge in [0.1, 0.15) is 5.82 Å². The number of benzene rings is 1. The predicted molar refractivity (Wildman–Crippen MR) is 86.1 cm³/mol. The molecule has 0 bridgehead atoms. The zero-order chi connectivity index (χ0) is 14.8. The van der Waals surface area contributed by atoms with Crippen LogP contribution in [0.25, 0.3) is 10.2 Å². The number of aromatic nitrogens is 2. The summed E-state index contributed by atoms with van der Waals surface area (Å²) in [4.78, 5) is 20.8. The summed E-state index contributed by atoms with van der Waals surface area (Å²) in [6.07, 6.45) is 0. The number of hydrogen-bond acceptors (Lipinski definition) is 5. The minimum Gasteiger partial charge on any atom is -0.373 e. The lowest BCUT2D eigenvalue weighted by Gasteiger charge is -2.08. The monoisotopic (exact) mass is 298 g/mol. The molecule has 3 rings (SSSR count). The molecule has 0 saturated heterocycles. The second-order valence-electron chi connectivity index (χ2n) is 4.62. The van der Waals surface area contributed by atoms with E-state index in [0.717, 1.165) is 21.6 Å². The topological polar surface area (TPSA) is 66.9 Å². The first kappa shape index (κ1) is 13.5. The fourth-order valence-corrected chi connectivity index (χ4v) is 2.78. The van der Waals surface area contributed by atoms with Crippen molar-refractivity contribution in [2.24, 2.45) is 0 Å². The molecule has 1 amide bonds. The number of hydrogen-bond donors (Lipinski definition) is 2. The molecule has 0 fully saturated rings. The minimum absolute atomic E-state index is 0.152. The molecule has 0 atom stereocenters. The van der Waals surface area contributed by atoms with Crippen molar-refractivity contribution in [1.29, 1.82) is 0 Å². The summed E-state index contributed by atoms with van der Waals surface area (Å²) in [6, 6.07) is 9.18. The van der Waals surface area contributed by atoms with Gasteiger partial charge in [0.2, 0.25) is 0 Å². The number of fused-ring (bicyclic) bond motifs is 1. The molecule has 6 heteroatoms. The van der Waals surface area contributed by atoms with Crippen molar-refractivity contribution in [3.8, 4) is 0 Å². The molecule has 0 saturated carbocycles. The number of aryl methyl sites for hydroxylation is 1. The van der Waals surface area contributed by atoms with Crippen molar-refractivity contribution >= 4 is 39.0 Å². The van der Waals surface area contributed by atoms with Gasteiger partial charge in [0.25, 0.3) is 5.91 Å². The van der Waals surface area contributed by atoms with Crippen LogP contribution in [0.4, 0.5) is 11.5 Å². The molecule has 0 aliphatic rings.